The van der Waals surface area contributed by atoms with Crippen LogP contribution in [0.15, 0.2) is 48.5 Å². The van der Waals surface area contributed by atoms with Crippen molar-refractivity contribution in [2.45, 2.75) is 6.92 Å². The van der Waals surface area contributed by atoms with E-state index in [1.165, 1.54) is 19.1 Å². The Morgan fingerprint density at radius 3 is 1.96 bits per heavy atom. The molecule has 0 aliphatic heterocycles. The smallest absolute Gasteiger partial charge is 0.269 e. The van der Waals surface area contributed by atoms with Gasteiger partial charge in [-0.3, -0.25) is 30.6 Å². The molecular weight excluding hydrogens is 376 g/mol. The fraction of sp³-hybridized carbons (Fsp3) is 0.0588. The first kappa shape index (κ1) is 19.4. The summed E-state index contributed by atoms with van der Waals surface area (Å²) >= 11 is 10.7. The van der Waals surface area contributed by atoms with Gasteiger partial charge in [-0.25, -0.2) is 0 Å². The van der Waals surface area contributed by atoms with Gasteiger partial charge in [-0.1, -0.05) is 11.6 Å². The molecule has 0 aliphatic rings. The van der Waals surface area contributed by atoms with Crippen molar-refractivity contribution in [1.82, 2.24) is 16.2 Å². The minimum Gasteiger partial charge on any atom is -0.326 e. The average Bonchev–Trinajstić information content (AvgIpc) is 2.60. The van der Waals surface area contributed by atoms with Crippen molar-refractivity contribution in [1.29, 1.82) is 0 Å². The Labute approximate surface area is 160 Å². The van der Waals surface area contributed by atoms with Crippen molar-refractivity contribution in [3.8, 4) is 0 Å². The molecule has 0 fully saturated rings. The van der Waals surface area contributed by atoms with Crippen LogP contribution in [0.4, 0.5) is 5.69 Å². The number of hydrazine groups is 1. The van der Waals surface area contributed by atoms with Gasteiger partial charge in [-0.05, 0) is 60.7 Å². The molecule has 2 aromatic rings. The van der Waals surface area contributed by atoms with Crippen molar-refractivity contribution in [3.05, 3.63) is 64.7 Å². The van der Waals surface area contributed by atoms with E-state index in [-0.39, 0.29) is 11.0 Å². The van der Waals surface area contributed by atoms with Gasteiger partial charge < -0.3 is 5.32 Å². The lowest BCUT2D eigenvalue weighted by molar-refractivity contribution is -0.114. The fourth-order valence-electron chi connectivity index (χ4n) is 1.90. The lowest BCUT2D eigenvalue weighted by atomic mass is 10.2. The summed E-state index contributed by atoms with van der Waals surface area (Å²) in [5, 5.41) is 5.48. The summed E-state index contributed by atoms with van der Waals surface area (Å²) in [6.07, 6.45) is 0. The number of thiocarbonyl (C=S) groups is 1. The third kappa shape index (κ3) is 5.83. The zero-order valence-electron chi connectivity index (χ0n) is 13.6. The van der Waals surface area contributed by atoms with Gasteiger partial charge in [0.15, 0.2) is 5.11 Å². The van der Waals surface area contributed by atoms with E-state index in [0.717, 1.165) is 0 Å². The maximum absolute atomic E-state index is 12.0. The van der Waals surface area contributed by atoms with E-state index in [9.17, 15) is 14.4 Å². The monoisotopic (exact) mass is 390 g/mol. The van der Waals surface area contributed by atoms with Crippen LogP contribution >= 0.6 is 23.8 Å². The van der Waals surface area contributed by atoms with E-state index in [0.29, 0.717) is 21.8 Å². The van der Waals surface area contributed by atoms with Gasteiger partial charge in [-0.2, -0.15) is 0 Å². The SMILES string of the molecule is CC(=O)Nc1ccc(C(=O)NNC(=S)NC(=O)c2ccc(Cl)cc2)cc1. The molecule has 2 rings (SSSR count). The van der Waals surface area contributed by atoms with Crippen LogP contribution in [0.2, 0.25) is 5.02 Å². The Hall–Kier alpha value is -2.97. The molecule has 0 heterocycles. The standard InChI is InChI=1S/C17H15ClN4O3S/c1-10(23)19-14-8-4-12(5-9-14)16(25)21-22-17(26)20-15(24)11-2-6-13(18)7-3-11/h2-9H,1H3,(H,19,23)(H,21,25)(H2,20,22,24,26). The zero-order chi connectivity index (χ0) is 19.1. The second-order valence-electron chi connectivity index (χ2n) is 5.13. The van der Waals surface area contributed by atoms with Gasteiger partial charge in [0.2, 0.25) is 5.91 Å². The van der Waals surface area contributed by atoms with E-state index in [4.69, 9.17) is 23.8 Å². The summed E-state index contributed by atoms with van der Waals surface area (Å²) in [7, 11) is 0. The van der Waals surface area contributed by atoms with E-state index in [1.807, 2.05) is 0 Å². The molecule has 0 bridgehead atoms. The first-order chi connectivity index (χ1) is 12.3. The molecule has 0 spiro atoms. The molecule has 0 radical (unpaired) electrons. The van der Waals surface area contributed by atoms with Gasteiger partial charge in [0.05, 0.1) is 0 Å². The molecule has 26 heavy (non-hydrogen) atoms. The fourth-order valence-corrected chi connectivity index (χ4v) is 2.17. The predicted molar refractivity (Wildman–Crippen MR) is 103 cm³/mol. The van der Waals surface area contributed by atoms with Crippen LogP contribution in [0.3, 0.4) is 0 Å². The highest BCUT2D eigenvalue weighted by molar-refractivity contribution is 7.80. The number of nitrogens with one attached hydrogen (secondary N) is 4. The summed E-state index contributed by atoms with van der Waals surface area (Å²) in [6, 6.07) is 12.5. The lowest BCUT2D eigenvalue weighted by Gasteiger charge is -2.11. The van der Waals surface area contributed by atoms with Crippen LogP contribution in [0.1, 0.15) is 27.6 Å². The Morgan fingerprint density at radius 2 is 1.38 bits per heavy atom. The van der Waals surface area contributed by atoms with Crippen molar-refractivity contribution in [2.75, 3.05) is 5.32 Å². The molecule has 7 nitrogen and oxygen atoms in total. The number of carbonyl (C=O) groups excluding carboxylic acids is 3. The van der Waals surface area contributed by atoms with Crippen LogP contribution in [-0.2, 0) is 4.79 Å². The minimum atomic E-state index is -0.456. The molecule has 0 atom stereocenters. The topological polar surface area (TPSA) is 99.3 Å². The molecule has 9 heteroatoms. The average molecular weight is 391 g/mol. The third-order valence-corrected chi connectivity index (χ3v) is 3.55. The molecule has 0 saturated heterocycles. The minimum absolute atomic E-state index is 0.0619. The zero-order valence-corrected chi connectivity index (χ0v) is 15.2. The Balaban J connectivity index is 1.84. The Kier molecular flexibility index (Phi) is 6.65. The number of halogens is 1. The van der Waals surface area contributed by atoms with E-state index in [1.54, 1.807) is 36.4 Å². The largest absolute Gasteiger partial charge is 0.326 e. The summed E-state index contributed by atoms with van der Waals surface area (Å²) < 4.78 is 0. The van der Waals surface area contributed by atoms with Crippen molar-refractivity contribution < 1.29 is 14.4 Å². The molecule has 3 amide bonds. The first-order valence-electron chi connectivity index (χ1n) is 7.40. The van der Waals surface area contributed by atoms with E-state index < -0.39 is 11.8 Å². The first-order valence-corrected chi connectivity index (χ1v) is 8.18. The van der Waals surface area contributed by atoms with Crippen LogP contribution in [0.5, 0.6) is 0 Å². The quantitative estimate of drug-likeness (QED) is 0.476. The second-order valence-corrected chi connectivity index (χ2v) is 5.97. The summed E-state index contributed by atoms with van der Waals surface area (Å²) in [5.41, 5.74) is 6.11. The normalized spacial score (nSPS) is 9.77. The third-order valence-electron chi connectivity index (χ3n) is 3.09. The van der Waals surface area contributed by atoms with Gasteiger partial charge in [0, 0.05) is 28.8 Å². The summed E-state index contributed by atoms with van der Waals surface area (Å²) in [4.78, 5) is 35.0. The molecule has 0 saturated carbocycles. The number of rotatable bonds is 3. The molecule has 0 unspecified atom stereocenters. The highest BCUT2D eigenvalue weighted by Gasteiger charge is 2.09. The van der Waals surface area contributed by atoms with E-state index >= 15 is 0 Å². The number of anilines is 1. The summed E-state index contributed by atoms with van der Waals surface area (Å²) in [6.45, 7) is 1.39. The van der Waals surface area contributed by atoms with Gasteiger partial charge in [-0.15, -0.1) is 0 Å². The molecule has 0 aliphatic carbocycles. The van der Waals surface area contributed by atoms with Crippen LogP contribution in [-0.4, -0.2) is 22.8 Å². The van der Waals surface area contributed by atoms with Crippen LogP contribution < -0.4 is 21.5 Å². The Bertz CT molecular complexity index is 838. The molecule has 134 valence electrons. The number of hydrogen-bond donors (Lipinski definition) is 4. The van der Waals surface area contributed by atoms with Crippen molar-refractivity contribution in [3.63, 3.8) is 0 Å². The lowest BCUT2D eigenvalue weighted by Crippen LogP contribution is -2.48. The number of benzene rings is 2. The number of amides is 3. The van der Waals surface area contributed by atoms with Crippen molar-refractivity contribution in [2.24, 2.45) is 0 Å². The maximum atomic E-state index is 12.0. The van der Waals surface area contributed by atoms with Crippen molar-refractivity contribution >= 4 is 52.3 Å². The molecule has 0 aromatic heterocycles. The van der Waals surface area contributed by atoms with Crippen LogP contribution in [0.25, 0.3) is 0 Å². The predicted octanol–water partition coefficient (Wildman–Crippen LogP) is 2.25. The highest BCUT2D eigenvalue weighted by atomic mass is 35.5. The van der Waals surface area contributed by atoms with Gasteiger partial charge >= 0.3 is 0 Å². The molecule has 4 N–H and O–H groups in total. The van der Waals surface area contributed by atoms with Gasteiger partial charge in [0.1, 0.15) is 0 Å². The number of carbonyl (C=O) groups is 3. The molecule has 2 aromatic carbocycles. The van der Waals surface area contributed by atoms with Gasteiger partial charge in [0.25, 0.3) is 11.8 Å². The number of hydrogen-bond acceptors (Lipinski definition) is 4. The van der Waals surface area contributed by atoms with E-state index in [2.05, 4.69) is 21.5 Å². The van der Waals surface area contributed by atoms with Crippen LogP contribution in [0, 0.1) is 0 Å². The second kappa shape index (κ2) is 8.93. The Morgan fingerprint density at radius 1 is 0.846 bits per heavy atom. The highest BCUT2D eigenvalue weighted by Crippen LogP contribution is 2.10. The molecular formula is C17H15ClN4O3S. The maximum Gasteiger partial charge on any atom is 0.269 e. The summed E-state index contributed by atoms with van der Waals surface area (Å²) in [5.74, 6) is -1.10.